The van der Waals surface area contributed by atoms with Gasteiger partial charge in [0.25, 0.3) is 0 Å². The molecule has 0 aromatic heterocycles. The Kier molecular flexibility index (Phi) is 6.38. The molecule has 25 heavy (non-hydrogen) atoms. The number of esters is 1. The van der Waals surface area contributed by atoms with Gasteiger partial charge in [0.1, 0.15) is 6.61 Å². The van der Waals surface area contributed by atoms with Gasteiger partial charge in [0.2, 0.25) is 5.91 Å². The molecule has 1 saturated heterocycles. The molecule has 0 unspecified atom stereocenters. The standard InChI is InChI=1S/C18H24N2O5/c1-13(2)25-17(22)16-10-7-11-19(14(3)21)20(16)18(23)24-12-15-8-5-4-6-9-15/h4-6,8-9,13,16H,7,10-12H2,1-3H3/t16-/m0/s1. The molecule has 1 aromatic rings. The molecule has 1 aliphatic heterocycles. The first-order chi connectivity index (χ1) is 11.9. The van der Waals surface area contributed by atoms with Crippen LogP contribution in [0.2, 0.25) is 0 Å². The Balaban J connectivity index is 2.14. The van der Waals surface area contributed by atoms with Crippen LogP contribution in [-0.2, 0) is 25.7 Å². The lowest BCUT2D eigenvalue weighted by atomic mass is 10.1. The molecule has 1 aliphatic rings. The maximum absolute atomic E-state index is 12.6. The number of hydrogen-bond donors (Lipinski definition) is 0. The smallest absolute Gasteiger partial charge is 0.430 e. The zero-order valence-corrected chi connectivity index (χ0v) is 14.8. The number of benzene rings is 1. The summed E-state index contributed by atoms with van der Waals surface area (Å²) in [4.78, 5) is 36.8. The summed E-state index contributed by atoms with van der Waals surface area (Å²) < 4.78 is 10.6. The largest absolute Gasteiger partial charge is 0.461 e. The van der Waals surface area contributed by atoms with Gasteiger partial charge in [-0.1, -0.05) is 30.3 Å². The van der Waals surface area contributed by atoms with E-state index in [1.807, 2.05) is 30.3 Å². The number of carbonyl (C=O) groups is 3. The lowest BCUT2D eigenvalue weighted by Crippen LogP contribution is -2.60. The zero-order valence-electron chi connectivity index (χ0n) is 14.8. The van der Waals surface area contributed by atoms with Gasteiger partial charge in [-0.25, -0.2) is 19.6 Å². The highest BCUT2D eigenvalue weighted by molar-refractivity contribution is 5.84. The molecule has 136 valence electrons. The molecule has 1 fully saturated rings. The van der Waals surface area contributed by atoms with Crippen molar-refractivity contribution in [2.75, 3.05) is 6.54 Å². The van der Waals surface area contributed by atoms with E-state index in [4.69, 9.17) is 9.47 Å². The van der Waals surface area contributed by atoms with Crippen LogP contribution in [-0.4, -0.2) is 46.7 Å². The van der Waals surface area contributed by atoms with Crippen LogP contribution in [0.1, 0.15) is 39.2 Å². The summed E-state index contributed by atoms with van der Waals surface area (Å²) in [5.41, 5.74) is 0.823. The minimum absolute atomic E-state index is 0.0634. The SMILES string of the molecule is CC(=O)N1CCC[C@@H](C(=O)OC(C)C)N1C(=O)OCc1ccccc1. The van der Waals surface area contributed by atoms with Crippen molar-refractivity contribution in [1.29, 1.82) is 0 Å². The fourth-order valence-corrected chi connectivity index (χ4v) is 2.68. The second kappa shape index (κ2) is 8.50. The number of carbonyl (C=O) groups excluding carboxylic acids is 3. The molecule has 1 aromatic carbocycles. The molecule has 2 amide bonds. The van der Waals surface area contributed by atoms with Crippen LogP contribution >= 0.6 is 0 Å². The molecule has 2 rings (SSSR count). The highest BCUT2D eigenvalue weighted by Gasteiger charge is 2.40. The highest BCUT2D eigenvalue weighted by Crippen LogP contribution is 2.22. The molecule has 0 bridgehead atoms. The Bertz CT molecular complexity index is 617. The third kappa shape index (κ3) is 4.95. The second-order valence-corrected chi connectivity index (χ2v) is 6.17. The predicted molar refractivity (Wildman–Crippen MR) is 90.1 cm³/mol. The van der Waals surface area contributed by atoms with Crippen LogP contribution in [0.15, 0.2) is 30.3 Å². The van der Waals surface area contributed by atoms with Crippen molar-refractivity contribution in [3.63, 3.8) is 0 Å². The van der Waals surface area contributed by atoms with Crippen molar-refractivity contribution >= 4 is 18.0 Å². The highest BCUT2D eigenvalue weighted by atomic mass is 16.6. The van der Waals surface area contributed by atoms with Crippen LogP contribution in [0.5, 0.6) is 0 Å². The maximum atomic E-state index is 12.6. The van der Waals surface area contributed by atoms with Crippen molar-refractivity contribution in [3.05, 3.63) is 35.9 Å². The Labute approximate surface area is 147 Å². The fraction of sp³-hybridized carbons (Fsp3) is 0.500. The van der Waals surface area contributed by atoms with Gasteiger partial charge in [-0.2, -0.15) is 0 Å². The molecule has 0 N–H and O–H groups in total. The molecule has 0 spiro atoms. The van der Waals surface area contributed by atoms with Crippen molar-refractivity contribution in [2.45, 2.75) is 52.4 Å². The third-order valence-electron chi connectivity index (χ3n) is 3.78. The summed E-state index contributed by atoms with van der Waals surface area (Å²) in [6.45, 7) is 5.26. The van der Waals surface area contributed by atoms with Crippen LogP contribution in [0.3, 0.4) is 0 Å². The minimum atomic E-state index is -0.858. The van der Waals surface area contributed by atoms with E-state index in [-0.39, 0.29) is 18.6 Å². The lowest BCUT2D eigenvalue weighted by Gasteiger charge is -2.41. The quantitative estimate of drug-likeness (QED) is 0.782. The van der Waals surface area contributed by atoms with Gasteiger partial charge < -0.3 is 9.47 Å². The van der Waals surface area contributed by atoms with E-state index in [1.165, 1.54) is 11.9 Å². The molecule has 0 saturated carbocycles. The molecule has 1 atom stereocenters. The predicted octanol–water partition coefficient (Wildman–Crippen LogP) is 2.50. The molecule has 7 nitrogen and oxygen atoms in total. The van der Waals surface area contributed by atoms with Gasteiger partial charge in [0, 0.05) is 13.5 Å². The average Bonchev–Trinajstić information content (AvgIpc) is 2.59. The Hall–Kier alpha value is -2.57. The number of hydrogen-bond acceptors (Lipinski definition) is 5. The van der Waals surface area contributed by atoms with Gasteiger partial charge in [0.05, 0.1) is 6.10 Å². The summed E-state index contributed by atoms with van der Waals surface area (Å²) in [7, 11) is 0. The van der Waals surface area contributed by atoms with Crippen molar-refractivity contribution < 1.29 is 23.9 Å². The van der Waals surface area contributed by atoms with Crippen LogP contribution in [0.4, 0.5) is 4.79 Å². The van der Waals surface area contributed by atoms with E-state index in [0.29, 0.717) is 19.4 Å². The molecule has 0 radical (unpaired) electrons. The summed E-state index contributed by atoms with van der Waals surface area (Å²) in [5, 5.41) is 2.35. The first kappa shape index (κ1) is 18.8. The molecule has 0 aliphatic carbocycles. The number of ether oxygens (including phenoxy) is 2. The van der Waals surface area contributed by atoms with E-state index in [1.54, 1.807) is 13.8 Å². The van der Waals surface area contributed by atoms with E-state index < -0.39 is 18.1 Å². The second-order valence-electron chi connectivity index (χ2n) is 6.17. The Morgan fingerprint density at radius 1 is 1.20 bits per heavy atom. The number of amides is 2. The number of hydrazine groups is 1. The van der Waals surface area contributed by atoms with E-state index in [9.17, 15) is 14.4 Å². The maximum Gasteiger partial charge on any atom is 0.430 e. The summed E-state index contributed by atoms with van der Waals surface area (Å²) >= 11 is 0. The first-order valence-electron chi connectivity index (χ1n) is 8.38. The average molecular weight is 348 g/mol. The first-order valence-corrected chi connectivity index (χ1v) is 8.38. The summed E-state index contributed by atoms with van der Waals surface area (Å²) in [6.07, 6.45) is 0.00206. The van der Waals surface area contributed by atoms with Gasteiger partial charge in [0.15, 0.2) is 6.04 Å². The Morgan fingerprint density at radius 3 is 2.48 bits per heavy atom. The molecule has 7 heteroatoms. The number of nitrogens with zero attached hydrogens (tertiary/aromatic N) is 2. The zero-order chi connectivity index (χ0) is 18.4. The van der Waals surface area contributed by atoms with Crippen LogP contribution in [0.25, 0.3) is 0 Å². The molecular weight excluding hydrogens is 324 g/mol. The van der Waals surface area contributed by atoms with Gasteiger partial charge >= 0.3 is 12.1 Å². The van der Waals surface area contributed by atoms with Crippen molar-refractivity contribution in [2.24, 2.45) is 0 Å². The van der Waals surface area contributed by atoms with Crippen LogP contribution < -0.4 is 0 Å². The third-order valence-corrected chi connectivity index (χ3v) is 3.78. The van der Waals surface area contributed by atoms with E-state index in [2.05, 4.69) is 0 Å². The molecular formula is C18H24N2O5. The van der Waals surface area contributed by atoms with Gasteiger partial charge in [-0.05, 0) is 32.3 Å². The Morgan fingerprint density at radius 2 is 1.88 bits per heavy atom. The van der Waals surface area contributed by atoms with Crippen LogP contribution in [0, 0.1) is 0 Å². The van der Waals surface area contributed by atoms with E-state index in [0.717, 1.165) is 10.6 Å². The fourth-order valence-electron chi connectivity index (χ4n) is 2.68. The normalized spacial score (nSPS) is 17.4. The topological polar surface area (TPSA) is 76.2 Å². The molecule has 1 heterocycles. The van der Waals surface area contributed by atoms with Gasteiger partial charge in [-0.15, -0.1) is 0 Å². The minimum Gasteiger partial charge on any atom is -0.461 e. The van der Waals surface area contributed by atoms with Gasteiger partial charge in [-0.3, -0.25) is 4.79 Å². The summed E-state index contributed by atoms with van der Waals surface area (Å²) in [5.74, 6) is -0.851. The van der Waals surface area contributed by atoms with Crippen molar-refractivity contribution in [3.8, 4) is 0 Å². The van der Waals surface area contributed by atoms with Crippen molar-refractivity contribution in [1.82, 2.24) is 10.0 Å². The number of rotatable bonds is 4. The summed E-state index contributed by atoms with van der Waals surface area (Å²) in [6, 6.07) is 8.35. The van der Waals surface area contributed by atoms with E-state index >= 15 is 0 Å². The lowest BCUT2D eigenvalue weighted by molar-refractivity contribution is -0.171. The monoisotopic (exact) mass is 348 g/mol.